The van der Waals surface area contributed by atoms with E-state index in [9.17, 15) is 9.18 Å². The summed E-state index contributed by atoms with van der Waals surface area (Å²) in [5.41, 5.74) is 2.22. The molecule has 0 aliphatic carbocycles. The number of amides is 1. The van der Waals surface area contributed by atoms with Crippen LogP contribution in [0, 0.1) is 5.82 Å². The molecule has 0 unspecified atom stereocenters. The average Bonchev–Trinajstić information content (AvgIpc) is 2.75. The number of para-hydroxylation sites is 2. The summed E-state index contributed by atoms with van der Waals surface area (Å²) in [6.45, 7) is 2.68. The molecule has 148 valence electrons. The second kappa shape index (κ2) is 8.49. The van der Waals surface area contributed by atoms with Crippen molar-refractivity contribution in [3.05, 3.63) is 83.4 Å². The fraction of sp³-hybridized carbons (Fsp3) is 0.182. The van der Waals surface area contributed by atoms with Crippen LogP contribution in [-0.2, 0) is 0 Å². The van der Waals surface area contributed by atoms with Crippen LogP contribution in [0.2, 0.25) is 5.15 Å². The summed E-state index contributed by atoms with van der Waals surface area (Å²) in [5.74, 6) is -0.567. The van der Waals surface area contributed by atoms with Gasteiger partial charge >= 0.3 is 0 Å². The van der Waals surface area contributed by atoms with Gasteiger partial charge in [0.15, 0.2) is 0 Å². The highest BCUT2D eigenvalue weighted by molar-refractivity contribution is 6.29. The molecular weight excluding hydrogens is 391 g/mol. The third-order valence-electron chi connectivity index (χ3n) is 4.85. The van der Waals surface area contributed by atoms with Gasteiger partial charge in [0.25, 0.3) is 5.91 Å². The minimum atomic E-state index is -0.384. The number of benzene rings is 2. The Kier molecular flexibility index (Phi) is 5.62. The highest BCUT2D eigenvalue weighted by atomic mass is 35.5. The number of aromatic nitrogens is 1. The van der Waals surface area contributed by atoms with Crippen molar-refractivity contribution in [1.82, 2.24) is 9.88 Å². The Balaban J connectivity index is 1.46. The van der Waals surface area contributed by atoms with Gasteiger partial charge in [-0.2, -0.15) is 0 Å². The lowest BCUT2D eigenvalue weighted by molar-refractivity contribution is 0.0741. The zero-order valence-electron chi connectivity index (χ0n) is 15.7. The van der Waals surface area contributed by atoms with Crippen LogP contribution >= 0.6 is 11.6 Å². The van der Waals surface area contributed by atoms with E-state index >= 15 is 0 Å². The summed E-state index contributed by atoms with van der Waals surface area (Å²) in [6, 6.07) is 19.6. The van der Waals surface area contributed by atoms with Crippen LogP contribution in [0.3, 0.4) is 0 Å². The number of hydrogen-bond donors (Lipinski definition) is 1. The number of carbonyl (C=O) groups excluding carboxylic acids is 1. The molecule has 2 heterocycles. The van der Waals surface area contributed by atoms with Crippen molar-refractivity contribution >= 4 is 34.6 Å². The Morgan fingerprint density at radius 2 is 1.66 bits per heavy atom. The predicted octanol–water partition coefficient (Wildman–Crippen LogP) is 4.58. The number of hydrogen-bond acceptors (Lipinski definition) is 4. The van der Waals surface area contributed by atoms with Crippen molar-refractivity contribution < 1.29 is 9.18 Å². The molecule has 7 heteroatoms. The predicted molar refractivity (Wildman–Crippen MR) is 113 cm³/mol. The third kappa shape index (κ3) is 4.49. The number of halogens is 2. The first kappa shape index (κ1) is 19.2. The largest absolute Gasteiger partial charge is 0.368 e. The molecule has 0 radical (unpaired) electrons. The molecule has 29 heavy (non-hydrogen) atoms. The molecule has 1 amide bonds. The van der Waals surface area contributed by atoms with Crippen molar-refractivity contribution in [2.45, 2.75) is 0 Å². The minimum absolute atomic E-state index is 0.178. The maximum Gasteiger partial charge on any atom is 0.272 e. The minimum Gasteiger partial charge on any atom is -0.368 e. The molecule has 0 spiro atoms. The Morgan fingerprint density at radius 1 is 0.966 bits per heavy atom. The molecule has 1 aromatic heterocycles. The highest BCUT2D eigenvalue weighted by Crippen LogP contribution is 2.24. The van der Waals surface area contributed by atoms with E-state index in [0.717, 1.165) is 18.8 Å². The fourth-order valence-electron chi connectivity index (χ4n) is 3.37. The third-order valence-corrected chi connectivity index (χ3v) is 5.05. The SMILES string of the molecule is O=C(c1cc(Nc2ccccc2F)cc(Cl)n1)N1CCN(c2ccccc2)CC1. The molecule has 1 aliphatic heterocycles. The van der Waals surface area contributed by atoms with Gasteiger partial charge in [-0.05, 0) is 36.4 Å². The van der Waals surface area contributed by atoms with Crippen molar-refractivity contribution in [3.63, 3.8) is 0 Å². The number of rotatable bonds is 4. The number of carbonyl (C=O) groups is 1. The molecule has 1 aliphatic rings. The Hall–Kier alpha value is -3.12. The van der Waals surface area contributed by atoms with Gasteiger partial charge in [0, 0.05) is 37.6 Å². The standard InChI is InChI=1S/C22H20ClFN4O/c23-21-15-16(25-19-9-5-4-8-18(19)24)14-20(26-21)22(29)28-12-10-27(11-13-28)17-6-2-1-3-7-17/h1-9,14-15H,10-13H2,(H,25,26). The first-order valence-corrected chi connectivity index (χ1v) is 9.76. The van der Waals surface area contributed by atoms with Crippen LogP contribution in [-0.4, -0.2) is 42.0 Å². The fourth-order valence-corrected chi connectivity index (χ4v) is 3.57. The first-order valence-electron chi connectivity index (χ1n) is 9.38. The van der Waals surface area contributed by atoms with E-state index in [1.165, 1.54) is 6.07 Å². The zero-order chi connectivity index (χ0) is 20.2. The topological polar surface area (TPSA) is 48.5 Å². The quantitative estimate of drug-likeness (QED) is 0.639. The number of anilines is 3. The van der Waals surface area contributed by atoms with E-state index in [0.29, 0.717) is 24.5 Å². The number of nitrogens with zero attached hydrogens (tertiary/aromatic N) is 3. The lowest BCUT2D eigenvalue weighted by Gasteiger charge is -2.36. The molecule has 5 nitrogen and oxygen atoms in total. The molecule has 0 saturated carbocycles. The van der Waals surface area contributed by atoms with Gasteiger partial charge in [0.05, 0.1) is 5.69 Å². The molecule has 1 saturated heterocycles. The van der Waals surface area contributed by atoms with E-state index in [2.05, 4.69) is 27.3 Å². The number of pyridine rings is 1. The molecule has 1 N–H and O–H groups in total. The van der Waals surface area contributed by atoms with E-state index in [1.807, 2.05) is 18.2 Å². The van der Waals surface area contributed by atoms with Gasteiger partial charge in [0.2, 0.25) is 0 Å². The van der Waals surface area contributed by atoms with Crippen LogP contribution in [0.5, 0.6) is 0 Å². The molecule has 3 aromatic rings. The normalized spacial score (nSPS) is 14.0. The Morgan fingerprint density at radius 3 is 2.38 bits per heavy atom. The van der Waals surface area contributed by atoms with E-state index in [4.69, 9.17) is 11.6 Å². The van der Waals surface area contributed by atoms with Crippen LogP contribution in [0.1, 0.15) is 10.5 Å². The smallest absolute Gasteiger partial charge is 0.272 e. The molecular formula is C22H20ClFN4O. The summed E-state index contributed by atoms with van der Waals surface area (Å²) in [7, 11) is 0. The summed E-state index contributed by atoms with van der Waals surface area (Å²) in [6.07, 6.45) is 0. The lowest BCUT2D eigenvalue weighted by atomic mass is 10.2. The van der Waals surface area contributed by atoms with E-state index < -0.39 is 0 Å². The summed E-state index contributed by atoms with van der Waals surface area (Å²) >= 11 is 6.12. The van der Waals surface area contributed by atoms with Gasteiger partial charge in [-0.1, -0.05) is 41.9 Å². The summed E-state index contributed by atoms with van der Waals surface area (Å²) in [5, 5.41) is 3.14. The van der Waals surface area contributed by atoms with Gasteiger partial charge in [-0.15, -0.1) is 0 Å². The van der Waals surface area contributed by atoms with Gasteiger partial charge < -0.3 is 15.1 Å². The first-order chi connectivity index (χ1) is 14.1. The molecule has 0 atom stereocenters. The van der Waals surface area contributed by atoms with Gasteiger partial charge in [-0.25, -0.2) is 9.37 Å². The summed E-state index contributed by atoms with van der Waals surface area (Å²) in [4.78, 5) is 21.1. The zero-order valence-corrected chi connectivity index (χ0v) is 16.4. The Bertz CT molecular complexity index is 1010. The summed E-state index contributed by atoms with van der Waals surface area (Å²) < 4.78 is 13.9. The second-order valence-corrected chi connectivity index (χ2v) is 7.17. The van der Waals surface area contributed by atoms with Crippen LogP contribution in [0.25, 0.3) is 0 Å². The molecule has 1 fully saturated rings. The van der Waals surface area contributed by atoms with Gasteiger partial charge in [0.1, 0.15) is 16.7 Å². The lowest BCUT2D eigenvalue weighted by Crippen LogP contribution is -2.49. The van der Waals surface area contributed by atoms with Crippen LogP contribution < -0.4 is 10.2 Å². The van der Waals surface area contributed by atoms with Crippen LogP contribution in [0.15, 0.2) is 66.7 Å². The van der Waals surface area contributed by atoms with Crippen molar-refractivity contribution in [3.8, 4) is 0 Å². The van der Waals surface area contributed by atoms with Gasteiger partial charge in [-0.3, -0.25) is 4.79 Å². The number of nitrogens with one attached hydrogen (secondary N) is 1. The maximum atomic E-state index is 13.9. The van der Waals surface area contributed by atoms with Crippen molar-refractivity contribution in [2.75, 3.05) is 36.4 Å². The van der Waals surface area contributed by atoms with Crippen molar-refractivity contribution in [2.24, 2.45) is 0 Å². The second-order valence-electron chi connectivity index (χ2n) is 6.78. The van der Waals surface area contributed by atoms with E-state index in [1.54, 1.807) is 35.2 Å². The maximum absolute atomic E-state index is 13.9. The number of piperazine rings is 1. The molecule has 2 aromatic carbocycles. The highest BCUT2D eigenvalue weighted by Gasteiger charge is 2.24. The monoisotopic (exact) mass is 410 g/mol. The molecule has 0 bridgehead atoms. The average molecular weight is 411 g/mol. The van der Waals surface area contributed by atoms with Crippen molar-refractivity contribution in [1.29, 1.82) is 0 Å². The molecule has 4 rings (SSSR count). The van der Waals surface area contributed by atoms with Crippen LogP contribution in [0.4, 0.5) is 21.5 Å². The Labute approximate surface area is 173 Å². The van der Waals surface area contributed by atoms with E-state index in [-0.39, 0.29) is 22.6 Å².